The average molecular weight is 569 g/mol. The molecule has 0 radical (unpaired) electrons. The summed E-state index contributed by atoms with van der Waals surface area (Å²) >= 11 is 3.35. The molecule has 0 heterocycles. The number of carbonyl (C=O) groups is 2. The van der Waals surface area contributed by atoms with Crippen molar-refractivity contribution in [3.05, 3.63) is 82.3 Å². The van der Waals surface area contributed by atoms with Crippen LogP contribution in [0.3, 0.4) is 0 Å². The van der Waals surface area contributed by atoms with E-state index in [2.05, 4.69) is 33.4 Å². The van der Waals surface area contributed by atoms with Crippen molar-refractivity contribution in [2.75, 3.05) is 13.7 Å². The Balaban J connectivity index is 1.55. The lowest BCUT2D eigenvalue weighted by molar-refractivity contribution is -0.127. The van der Waals surface area contributed by atoms with E-state index in [0.717, 1.165) is 17.3 Å². The van der Waals surface area contributed by atoms with Crippen LogP contribution in [0.5, 0.6) is 23.0 Å². The molecule has 8 nitrogen and oxygen atoms in total. The van der Waals surface area contributed by atoms with E-state index in [-0.39, 0.29) is 5.75 Å². The number of rotatable bonds is 12. The minimum atomic E-state index is -0.744. The van der Waals surface area contributed by atoms with Crippen molar-refractivity contribution >= 4 is 34.0 Å². The number of ether oxygens (including phenoxy) is 4. The van der Waals surface area contributed by atoms with E-state index in [1.807, 2.05) is 12.1 Å². The van der Waals surface area contributed by atoms with Crippen molar-refractivity contribution in [3.8, 4) is 23.0 Å². The minimum Gasteiger partial charge on any atom is -0.494 e. The molecule has 1 atom stereocenters. The maximum absolute atomic E-state index is 12.6. The number of methoxy groups -OCH3 is 1. The molecule has 3 rings (SSSR count). The molecule has 0 aliphatic rings. The van der Waals surface area contributed by atoms with Gasteiger partial charge in [-0.15, -0.1) is 0 Å². The second-order valence-electron chi connectivity index (χ2n) is 7.97. The van der Waals surface area contributed by atoms with Gasteiger partial charge in [0.25, 0.3) is 5.91 Å². The zero-order valence-electron chi connectivity index (χ0n) is 20.9. The molecule has 0 aliphatic heterocycles. The molecule has 0 spiro atoms. The van der Waals surface area contributed by atoms with Crippen molar-refractivity contribution in [1.82, 2.24) is 5.43 Å². The van der Waals surface area contributed by atoms with Crippen LogP contribution in [-0.4, -0.2) is 37.9 Å². The first kappa shape index (κ1) is 27.7. The molecule has 1 N–H and O–H groups in total. The highest BCUT2D eigenvalue weighted by Crippen LogP contribution is 2.28. The van der Waals surface area contributed by atoms with Gasteiger partial charge < -0.3 is 18.9 Å². The first-order valence-corrected chi connectivity index (χ1v) is 12.6. The van der Waals surface area contributed by atoms with Crippen molar-refractivity contribution in [1.29, 1.82) is 0 Å². The third-order valence-electron chi connectivity index (χ3n) is 5.13. The summed E-state index contributed by atoms with van der Waals surface area (Å²) in [6.07, 6.45) is 2.73. The van der Waals surface area contributed by atoms with Crippen molar-refractivity contribution in [2.45, 2.75) is 32.8 Å². The molecule has 3 aromatic carbocycles. The maximum Gasteiger partial charge on any atom is 0.343 e. The molecule has 9 heteroatoms. The number of hydrazone groups is 1. The lowest BCUT2D eigenvalue weighted by atomic mass is 10.2. The minimum absolute atomic E-state index is 0.258. The summed E-state index contributed by atoms with van der Waals surface area (Å²) in [5.74, 6) is 0.947. The smallest absolute Gasteiger partial charge is 0.343 e. The SMILES string of the molecule is CCCCOc1ccc(C(=O)Oc2ccc(/C=N/NC(=O)C(C)Oc3ccc(Br)cc3)cc2OC)cc1. The van der Waals surface area contributed by atoms with Crippen LogP contribution in [0.15, 0.2) is 76.3 Å². The maximum atomic E-state index is 12.6. The number of carbonyl (C=O) groups excluding carboxylic acids is 2. The van der Waals surface area contributed by atoms with Gasteiger partial charge >= 0.3 is 5.97 Å². The first-order valence-electron chi connectivity index (χ1n) is 11.8. The van der Waals surface area contributed by atoms with E-state index in [1.54, 1.807) is 61.5 Å². The molecule has 1 amide bonds. The fraction of sp³-hybridized carbons (Fsp3) is 0.250. The Kier molecular flexibility index (Phi) is 10.5. The van der Waals surface area contributed by atoms with Crippen LogP contribution in [0, 0.1) is 0 Å². The van der Waals surface area contributed by atoms with E-state index >= 15 is 0 Å². The van der Waals surface area contributed by atoms with Gasteiger partial charge in [-0.2, -0.15) is 5.10 Å². The van der Waals surface area contributed by atoms with Crippen LogP contribution in [0.25, 0.3) is 0 Å². The van der Waals surface area contributed by atoms with Crippen LogP contribution in [-0.2, 0) is 4.79 Å². The molecule has 1 unspecified atom stereocenters. The second-order valence-corrected chi connectivity index (χ2v) is 8.89. The standard InChI is InChI=1S/C28H29BrN2O6/c1-4-5-16-35-23-11-7-21(8-12-23)28(33)37-25-15-6-20(17-26(25)34-3)18-30-31-27(32)19(2)36-24-13-9-22(29)10-14-24/h6-15,17-19H,4-5,16H2,1-3H3,(H,31,32)/b30-18+. The Morgan fingerprint density at radius 2 is 1.70 bits per heavy atom. The van der Waals surface area contributed by atoms with Crippen molar-refractivity contribution < 1.29 is 28.5 Å². The van der Waals surface area contributed by atoms with Crippen LogP contribution in [0.1, 0.15) is 42.6 Å². The number of amides is 1. The number of nitrogens with one attached hydrogen (secondary N) is 1. The van der Waals surface area contributed by atoms with Crippen LogP contribution >= 0.6 is 15.9 Å². The molecular formula is C28H29BrN2O6. The molecule has 0 saturated carbocycles. The summed E-state index contributed by atoms with van der Waals surface area (Å²) in [7, 11) is 1.47. The van der Waals surface area contributed by atoms with Gasteiger partial charge in [-0.05, 0) is 85.6 Å². The highest BCUT2D eigenvalue weighted by atomic mass is 79.9. The fourth-order valence-electron chi connectivity index (χ4n) is 3.06. The topological polar surface area (TPSA) is 95.5 Å². The summed E-state index contributed by atoms with van der Waals surface area (Å²) in [6, 6.07) is 18.9. The fourth-order valence-corrected chi connectivity index (χ4v) is 3.33. The lowest BCUT2D eigenvalue weighted by Gasteiger charge is -2.13. The molecule has 0 bridgehead atoms. The molecule has 194 valence electrons. The second kappa shape index (κ2) is 14.0. The molecule has 0 aromatic heterocycles. The Morgan fingerprint density at radius 1 is 1.00 bits per heavy atom. The first-order chi connectivity index (χ1) is 17.9. The van der Waals surface area contributed by atoms with Gasteiger partial charge in [0.15, 0.2) is 17.6 Å². The number of halogens is 1. The third-order valence-corrected chi connectivity index (χ3v) is 5.66. The number of esters is 1. The number of unbranched alkanes of at least 4 members (excludes halogenated alkanes) is 1. The molecular weight excluding hydrogens is 540 g/mol. The summed E-state index contributed by atoms with van der Waals surface area (Å²) in [5, 5.41) is 3.98. The number of hydrogen-bond donors (Lipinski definition) is 1. The van der Waals surface area contributed by atoms with Gasteiger partial charge in [0.2, 0.25) is 0 Å². The van der Waals surface area contributed by atoms with E-state index in [0.29, 0.717) is 35.0 Å². The largest absolute Gasteiger partial charge is 0.494 e. The van der Waals surface area contributed by atoms with Gasteiger partial charge in [-0.25, -0.2) is 10.2 Å². The predicted octanol–water partition coefficient (Wildman–Crippen LogP) is 5.77. The van der Waals surface area contributed by atoms with E-state index in [4.69, 9.17) is 18.9 Å². The molecule has 37 heavy (non-hydrogen) atoms. The monoisotopic (exact) mass is 568 g/mol. The highest BCUT2D eigenvalue weighted by Gasteiger charge is 2.15. The Bertz CT molecular complexity index is 1210. The third kappa shape index (κ3) is 8.64. The normalized spacial score (nSPS) is 11.6. The van der Waals surface area contributed by atoms with E-state index in [1.165, 1.54) is 13.3 Å². The predicted molar refractivity (Wildman–Crippen MR) is 145 cm³/mol. The van der Waals surface area contributed by atoms with Crippen LogP contribution < -0.4 is 24.4 Å². The Labute approximate surface area is 224 Å². The zero-order chi connectivity index (χ0) is 26.6. The summed E-state index contributed by atoms with van der Waals surface area (Å²) in [6.45, 7) is 4.36. The van der Waals surface area contributed by atoms with Gasteiger partial charge in [0.1, 0.15) is 11.5 Å². The number of hydrogen-bond acceptors (Lipinski definition) is 7. The number of benzene rings is 3. The lowest BCUT2D eigenvalue weighted by Crippen LogP contribution is -2.33. The van der Waals surface area contributed by atoms with Crippen LogP contribution in [0.4, 0.5) is 0 Å². The van der Waals surface area contributed by atoms with Gasteiger partial charge in [0.05, 0.1) is 25.5 Å². The molecule has 0 fully saturated rings. The van der Waals surface area contributed by atoms with Gasteiger partial charge in [-0.3, -0.25) is 4.79 Å². The summed E-state index contributed by atoms with van der Waals surface area (Å²) in [4.78, 5) is 24.9. The van der Waals surface area contributed by atoms with Crippen molar-refractivity contribution in [3.63, 3.8) is 0 Å². The number of nitrogens with zero attached hydrogens (tertiary/aromatic N) is 1. The highest BCUT2D eigenvalue weighted by molar-refractivity contribution is 9.10. The average Bonchev–Trinajstić information content (AvgIpc) is 2.91. The van der Waals surface area contributed by atoms with E-state index < -0.39 is 18.0 Å². The quantitative estimate of drug-likeness (QED) is 0.0978. The molecule has 0 aliphatic carbocycles. The van der Waals surface area contributed by atoms with Gasteiger partial charge in [-0.1, -0.05) is 29.3 Å². The summed E-state index contributed by atoms with van der Waals surface area (Å²) in [5.41, 5.74) is 3.47. The van der Waals surface area contributed by atoms with Crippen LogP contribution in [0.2, 0.25) is 0 Å². The summed E-state index contributed by atoms with van der Waals surface area (Å²) < 4.78 is 23.0. The molecule has 0 saturated heterocycles. The zero-order valence-corrected chi connectivity index (χ0v) is 22.5. The van der Waals surface area contributed by atoms with Gasteiger partial charge in [0, 0.05) is 4.47 Å². The Morgan fingerprint density at radius 3 is 2.38 bits per heavy atom. The Hall–Kier alpha value is -3.85. The van der Waals surface area contributed by atoms with Crippen molar-refractivity contribution in [2.24, 2.45) is 5.10 Å². The molecule has 3 aromatic rings. The van der Waals surface area contributed by atoms with E-state index in [9.17, 15) is 9.59 Å².